The Bertz CT molecular complexity index is 620. The molecule has 19 heavy (non-hydrogen) atoms. The number of aryl methyl sites for hydroxylation is 4. The van der Waals surface area contributed by atoms with Crippen LogP contribution in [0.15, 0.2) is 12.1 Å². The normalized spacial score (nSPS) is 10.8. The maximum absolute atomic E-state index is 6.19. The number of nitrogen functional groups attached to an aromatic ring is 1. The summed E-state index contributed by atoms with van der Waals surface area (Å²) in [6.45, 7) is 6.20. The number of nitrogens with two attached hydrogens (primary N) is 1. The van der Waals surface area contributed by atoms with E-state index >= 15 is 0 Å². The van der Waals surface area contributed by atoms with Gasteiger partial charge in [-0.25, -0.2) is 0 Å². The molecule has 0 aliphatic rings. The Morgan fingerprint density at radius 1 is 1.26 bits per heavy atom. The van der Waals surface area contributed by atoms with E-state index in [0.29, 0.717) is 11.6 Å². The number of hydrogen-bond acceptors (Lipinski definition) is 3. The molecule has 0 aliphatic heterocycles. The molecule has 0 saturated carbocycles. The first-order valence-electron chi connectivity index (χ1n) is 6.07. The lowest BCUT2D eigenvalue weighted by molar-refractivity contribution is 0.293. The van der Waals surface area contributed by atoms with Gasteiger partial charge < -0.3 is 10.5 Å². The van der Waals surface area contributed by atoms with E-state index in [0.717, 1.165) is 34.0 Å². The van der Waals surface area contributed by atoms with E-state index in [1.54, 1.807) is 4.68 Å². The maximum Gasteiger partial charge on any atom is 0.131 e. The first kappa shape index (κ1) is 13.7. The highest BCUT2D eigenvalue weighted by Gasteiger charge is 2.12. The van der Waals surface area contributed by atoms with E-state index in [4.69, 9.17) is 22.1 Å². The number of nitrogens with zero attached hydrogens (tertiary/aromatic N) is 2. The van der Waals surface area contributed by atoms with Gasteiger partial charge in [0.1, 0.15) is 12.4 Å². The topological polar surface area (TPSA) is 53.1 Å². The van der Waals surface area contributed by atoms with E-state index in [1.165, 1.54) is 0 Å². The lowest BCUT2D eigenvalue weighted by atomic mass is 10.1. The Hall–Kier alpha value is -1.68. The van der Waals surface area contributed by atoms with Gasteiger partial charge in [-0.05, 0) is 44.0 Å². The Morgan fingerprint density at radius 3 is 2.53 bits per heavy atom. The van der Waals surface area contributed by atoms with Gasteiger partial charge in [0.05, 0.1) is 16.4 Å². The summed E-state index contributed by atoms with van der Waals surface area (Å²) in [5, 5.41) is 4.92. The fraction of sp³-hybridized carbons (Fsp3) is 0.357. The molecular weight excluding hydrogens is 262 g/mol. The maximum atomic E-state index is 6.19. The van der Waals surface area contributed by atoms with Crippen molar-refractivity contribution in [2.75, 3.05) is 5.73 Å². The SMILES string of the molecule is Cc1cc(OCc2c(Cl)c(C)nn2C)c(C)cc1N. The van der Waals surface area contributed by atoms with Crippen molar-refractivity contribution in [3.05, 3.63) is 39.7 Å². The number of rotatable bonds is 3. The van der Waals surface area contributed by atoms with Crippen molar-refractivity contribution in [1.29, 1.82) is 0 Å². The van der Waals surface area contributed by atoms with E-state index in [1.807, 2.05) is 40.0 Å². The summed E-state index contributed by atoms with van der Waals surface area (Å²) in [6.07, 6.45) is 0. The molecule has 0 atom stereocenters. The molecule has 0 amide bonds. The lowest BCUT2D eigenvalue weighted by Crippen LogP contribution is -2.05. The standard InChI is InChI=1S/C14H18ClN3O/c1-8-6-13(9(2)5-11(8)16)19-7-12-14(15)10(3)17-18(12)4/h5-6H,7,16H2,1-4H3. The van der Waals surface area contributed by atoms with Crippen LogP contribution in [0.3, 0.4) is 0 Å². The van der Waals surface area contributed by atoms with Crippen molar-refractivity contribution >= 4 is 17.3 Å². The third-order valence-electron chi connectivity index (χ3n) is 3.19. The summed E-state index contributed by atoms with van der Waals surface area (Å²) in [5.41, 5.74) is 10.3. The molecule has 0 unspecified atom stereocenters. The number of hydrogen-bond donors (Lipinski definition) is 1. The molecule has 4 nitrogen and oxygen atoms in total. The fourth-order valence-corrected chi connectivity index (χ4v) is 2.17. The number of benzene rings is 1. The zero-order valence-corrected chi connectivity index (χ0v) is 12.4. The molecule has 0 bridgehead atoms. The molecule has 0 fully saturated rings. The highest BCUT2D eigenvalue weighted by Crippen LogP contribution is 2.26. The van der Waals surface area contributed by atoms with Gasteiger partial charge in [-0.2, -0.15) is 5.10 Å². The minimum Gasteiger partial charge on any atom is -0.487 e. The minimum absolute atomic E-state index is 0.389. The fourth-order valence-electron chi connectivity index (χ4n) is 1.95. The molecule has 2 N–H and O–H groups in total. The Balaban J connectivity index is 2.21. The molecule has 1 heterocycles. The van der Waals surface area contributed by atoms with Crippen molar-refractivity contribution in [3.63, 3.8) is 0 Å². The molecule has 0 saturated heterocycles. The summed E-state index contributed by atoms with van der Waals surface area (Å²) in [5.74, 6) is 0.821. The van der Waals surface area contributed by atoms with Gasteiger partial charge >= 0.3 is 0 Å². The minimum atomic E-state index is 0.389. The lowest BCUT2D eigenvalue weighted by Gasteiger charge is -2.12. The first-order chi connectivity index (χ1) is 8.90. The summed E-state index contributed by atoms with van der Waals surface area (Å²) in [4.78, 5) is 0. The second-order valence-corrected chi connectivity index (χ2v) is 5.11. The van der Waals surface area contributed by atoms with Crippen LogP contribution in [-0.4, -0.2) is 9.78 Å². The second-order valence-electron chi connectivity index (χ2n) is 4.73. The van der Waals surface area contributed by atoms with Gasteiger partial charge in [0.15, 0.2) is 0 Å². The van der Waals surface area contributed by atoms with Gasteiger partial charge in [0.2, 0.25) is 0 Å². The predicted octanol–water partition coefficient (Wildman–Crippen LogP) is 3.16. The second kappa shape index (κ2) is 5.13. The monoisotopic (exact) mass is 279 g/mol. The summed E-state index contributed by atoms with van der Waals surface area (Å²) >= 11 is 6.19. The van der Waals surface area contributed by atoms with Crippen LogP contribution < -0.4 is 10.5 Å². The number of ether oxygens (including phenoxy) is 1. The molecule has 5 heteroatoms. The zero-order valence-electron chi connectivity index (χ0n) is 11.6. The van der Waals surface area contributed by atoms with E-state index in [-0.39, 0.29) is 0 Å². The number of halogens is 1. The van der Waals surface area contributed by atoms with Crippen molar-refractivity contribution in [3.8, 4) is 5.75 Å². The van der Waals surface area contributed by atoms with Crippen LogP contribution in [-0.2, 0) is 13.7 Å². The average molecular weight is 280 g/mol. The predicted molar refractivity (Wildman–Crippen MR) is 77.6 cm³/mol. The molecule has 0 aliphatic carbocycles. The van der Waals surface area contributed by atoms with E-state index < -0.39 is 0 Å². The Labute approximate surface area is 118 Å². The average Bonchev–Trinajstić information content (AvgIpc) is 2.57. The molecule has 0 spiro atoms. The zero-order chi connectivity index (χ0) is 14.2. The first-order valence-corrected chi connectivity index (χ1v) is 6.45. The van der Waals surface area contributed by atoms with Crippen LogP contribution in [0.25, 0.3) is 0 Å². The molecule has 2 rings (SSSR count). The molecule has 1 aromatic carbocycles. The highest BCUT2D eigenvalue weighted by atomic mass is 35.5. The molecular formula is C14H18ClN3O. The van der Waals surface area contributed by atoms with E-state index in [9.17, 15) is 0 Å². The third kappa shape index (κ3) is 2.68. The molecule has 0 radical (unpaired) electrons. The number of aromatic nitrogens is 2. The van der Waals surface area contributed by atoms with Crippen LogP contribution in [0.4, 0.5) is 5.69 Å². The summed E-state index contributed by atoms with van der Waals surface area (Å²) in [7, 11) is 1.86. The van der Waals surface area contributed by atoms with Crippen LogP contribution in [0.1, 0.15) is 22.5 Å². The van der Waals surface area contributed by atoms with Gasteiger partial charge in [0, 0.05) is 12.7 Å². The largest absolute Gasteiger partial charge is 0.487 e. The number of anilines is 1. The van der Waals surface area contributed by atoms with Gasteiger partial charge in [-0.1, -0.05) is 11.6 Å². The Morgan fingerprint density at radius 2 is 1.95 bits per heavy atom. The van der Waals surface area contributed by atoms with Crippen molar-refractivity contribution in [1.82, 2.24) is 9.78 Å². The van der Waals surface area contributed by atoms with Crippen LogP contribution in [0.5, 0.6) is 5.75 Å². The van der Waals surface area contributed by atoms with Crippen molar-refractivity contribution in [2.45, 2.75) is 27.4 Å². The van der Waals surface area contributed by atoms with Crippen LogP contribution >= 0.6 is 11.6 Å². The summed E-state index contributed by atoms with van der Waals surface area (Å²) in [6, 6.07) is 3.86. The molecule has 2 aromatic rings. The van der Waals surface area contributed by atoms with Crippen LogP contribution in [0, 0.1) is 20.8 Å². The third-order valence-corrected chi connectivity index (χ3v) is 3.68. The smallest absolute Gasteiger partial charge is 0.131 e. The highest BCUT2D eigenvalue weighted by molar-refractivity contribution is 6.31. The van der Waals surface area contributed by atoms with Crippen molar-refractivity contribution in [2.24, 2.45) is 7.05 Å². The van der Waals surface area contributed by atoms with Gasteiger partial charge in [-0.15, -0.1) is 0 Å². The van der Waals surface area contributed by atoms with E-state index in [2.05, 4.69) is 5.10 Å². The molecule has 1 aromatic heterocycles. The van der Waals surface area contributed by atoms with Gasteiger partial charge in [0.25, 0.3) is 0 Å². The Kier molecular flexibility index (Phi) is 3.71. The van der Waals surface area contributed by atoms with Crippen molar-refractivity contribution < 1.29 is 4.74 Å². The molecule has 102 valence electrons. The van der Waals surface area contributed by atoms with Crippen LogP contribution in [0.2, 0.25) is 5.02 Å². The quantitative estimate of drug-likeness (QED) is 0.878. The summed E-state index contributed by atoms with van der Waals surface area (Å²) < 4.78 is 7.58. The van der Waals surface area contributed by atoms with Gasteiger partial charge in [-0.3, -0.25) is 4.68 Å².